The first-order valence-corrected chi connectivity index (χ1v) is 7.25. The Kier molecular flexibility index (Phi) is 4.66. The molecule has 19 heavy (non-hydrogen) atoms. The van der Waals surface area contributed by atoms with E-state index in [0.29, 0.717) is 11.4 Å². The lowest BCUT2D eigenvalue weighted by Gasteiger charge is -2.16. The summed E-state index contributed by atoms with van der Waals surface area (Å²) in [5.41, 5.74) is 2.86. The highest BCUT2D eigenvalue weighted by molar-refractivity contribution is 9.10. The molecule has 1 atom stereocenters. The molecule has 5 heteroatoms. The number of aromatic nitrogens is 2. The first-order chi connectivity index (χ1) is 9.04. The molecular formula is C14H16BrClN2O. The lowest BCUT2D eigenvalue weighted by molar-refractivity contribution is 0.262. The molecule has 0 fully saturated rings. The van der Waals surface area contributed by atoms with Gasteiger partial charge in [-0.15, -0.1) is 0 Å². The highest BCUT2D eigenvalue weighted by Gasteiger charge is 2.19. The van der Waals surface area contributed by atoms with Crippen molar-refractivity contribution in [2.75, 3.05) is 6.61 Å². The van der Waals surface area contributed by atoms with Crippen LogP contribution in [0.5, 0.6) is 0 Å². The monoisotopic (exact) mass is 342 g/mol. The minimum Gasteiger partial charge on any atom is -0.396 e. The van der Waals surface area contributed by atoms with Crippen LogP contribution in [0.1, 0.15) is 22.9 Å². The van der Waals surface area contributed by atoms with Crippen LogP contribution in [0, 0.1) is 6.92 Å². The summed E-state index contributed by atoms with van der Waals surface area (Å²) in [5, 5.41) is 14.7. The number of aryl methyl sites for hydroxylation is 2. The lowest BCUT2D eigenvalue weighted by atomic mass is 9.95. The van der Waals surface area contributed by atoms with E-state index < -0.39 is 0 Å². The van der Waals surface area contributed by atoms with Gasteiger partial charge in [-0.05, 0) is 25.0 Å². The molecule has 0 aliphatic carbocycles. The van der Waals surface area contributed by atoms with Gasteiger partial charge in [0.1, 0.15) is 0 Å². The zero-order valence-corrected chi connectivity index (χ0v) is 13.2. The van der Waals surface area contributed by atoms with Crippen molar-refractivity contribution in [1.82, 2.24) is 9.78 Å². The van der Waals surface area contributed by atoms with E-state index in [9.17, 15) is 5.11 Å². The number of aliphatic hydroxyl groups excluding tert-OH is 1. The molecule has 1 heterocycles. The number of nitrogens with zero attached hydrogens (tertiary/aromatic N) is 2. The highest BCUT2D eigenvalue weighted by atomic mass is 79.9. The van der Waals surface area contributed by atoms with Crippen molar-refractivity contribution in [2.24, 2.45) is 7.05 Å². The summed E-state index contributed by atoms with van der Waals surface area (Å²) >= 11 is 9.79. The van der Waals surface area contributed by atoms with Crippen molar-refractivity contribution in [3.8, 4) is 0 Å². The third-order valence-electron chi connectivity index (χ3n) is 3.27. The third kappa shape index (κ3) is 3.02. The van der Waals surface area contributed by atoms with Gasteiger partial charge in [0.2, 0.25) is 0 Å². The van der Waals surface area contributed by atoms with Gasteiger partial charge >= 0.3 is 0 Å². The Hall–Kier alpha value is -0.840. The van der Waals surface area contributed by atoms with Crippen molar-refractivity contribution >= 4 is 27.5 Å². The Morgan fingerprint density at radius 2 is 2.11 bits per heavy atom. The van der Waals surface area contributed by atoms with Gasteiger partial charge in [0, 0.05) is 17.4 Å². The summed E-state index contributed by atoms with van der Waals surface area (Å²) in [5.74, 6) is 0.00266. The molecule has 3 nitrogen and oxygen atoms in total. The van der Waals surface area contributed by atoms with E-state index in [1.165, 1.54) is 0 Å². The summed E-state index contributed by atoms with van der Waals surface area (Å²) in [4.78, 5) is 0. The van der Waals surface area contributed by atoms with Crippen LogP contribution in [-0.2, 0) is 13.5 Å². The van der Waals surface area contributed by atoms with Crippen molar-refractivity contribution < 1.29 is 5.11 Å². The fourth-order valence-corrected chi connectivity index (χ4v) is 3.06. The van der Waals surface area contributed by atoms with Gasteiger partial charge in [0.05, 0.1) is 23.0 Å². The maximum absolute atomic E-state index is 9.66. The standard InChI is InChI=1S/C14H16BrClN2O/c1-9-14(16)13(18(2)17-9)7-10(8-19)11-5-3-4-6-12(11)15/h3-6,10,19H,7-8H2,1-2H3. The molecule has 0 bridgehead atoms. The largest absolute Gasteiger partial charge is 0.396 e. The first-order valence-electron chi connectivity index (χ1n) is 6.07. The molecule has 2 aromatic rings. The Morgan fingerprint density at radius 1 is 1.42 bits per heavy atom. The maximum atomic E-state index is 9.66. The number of benzene rings is 1. The number of aliphatic hydroxyl groups is 1. The molecule has 1 aromatic carbocycles. The molecule has 0 saturated heterocycles. The second-order valence-electron chi connectivity index (χ2n) is 4.57. The van der Waals surface area contributed by atoms with Gasteiger partial charge in [0.15, 0.2) is 0 Å². The molecule has 1 N–H and O–H groups in total. The first kappa shape index (κ1) is 14.6. The van der Waals surface area contributed by atoms with Crippen LogP contribution < -0.4 is 0 Å². The van der Waals surface area contributed by atoms with Crippen molar-refractivity contribution in [3.05, 3.63) is 50.7 Å². The zero-order chi connectivity index (χ0) is 14.0. The van der Waals surface area contributed by atoms with Crippen molar-refractivity contribution in [1.29, 1.82) is 0 Å². The number of hydrogen-bond acceptors (Lipinski definition) is 2. The van der Waals surface area contributed by atoms with Crippen molar-refractivity contribution in [2.45, 2.75) is 19.3 Å². The molecule has 102 valence electrons. The van der Waals surface area contributed by atoms with Crippen LogP contribution in [0.3, 0.4) is 0 Å². The second kappa shape index (κ2) is 6.07. The van der Waals surface area contributed by atoms with E-state index >= 15 is 0 Å². The minimum atomic E-state index is 0.00266. The highest BCUT2D eigenvalue weighted by Crippen LogP contribution is 2.30. The number of halogens is 2. The number of rotatable bonds is 4. The van der Waals surface area contributed by atoms with Crippen LogP contribution in [0.25, 0.3) is 0 Å². The van der Waals surface area contributed by atoms with Gasteiger partial charge < -0.3 is 5.11 Å². The van der Waals surface area contributed by atoms with E-state index in [1.54, 1.807) is 4.68 Å². The average Bonchev–Trinajstić information content (AvgIpc) is 2.63. The predicted molar refractivity (Wildman–Crippen MR) is 80.6 cm³/mol. The van der Waals surface area contributed by atoms with Crippen LogP contribution in [0.2, 0.25) is 5.02 Å². The van der Waals surface area contributed by atoms with Crippen LogP contribution in [0.4, 0.5) is 0 Å². The summed E-state index contributed by atoms with van der Waals surface area (Å²) in [6.45, 7) is 1.96. The maximum Gasteiger partial charge on any atom is 0.0847 e. The van der Waals surface area contributed by atoms with E-state index in [4.69, 9.17) is 11.6 Å². The molecule has 0 aliphatic rings. The lowest BCUT2D eigenvalue weighted by Crippen LogP contribution is -2.11. The molecule has 0 aliphatic heterocycles. The van der Waals surface area contributed by atoms with Gasteiger partial charge in [0.25, 0.3) is 0 Å². The van der Waals surface area contributed by atoms with Crippen molar-refractivity contribution in [3.63, 3.8) is 0 Å². The third-order valence-corrected chi connectivity index (χ3v) is 4.48. The predicted octanol–water partition coefficient (Wildman–Crippen LogP) is 3.46. The fraction of sp³-hybridized carbons (Fsp3) is 0.357. The van der Waals surface area contributed by atoms with Gasteiger partial charge in [-0.2, -0.15) is 5.10 Å². The summed E-state index contributed by atoms with van der Waals surface area (Å²) < 4.78 is 2.79. The Labute approximate surface area is 126 Å². The Bertz CT molecular complexity index is 583. The SMILES string of the molecule is Cc1nn(C)c(CC(CO)c2ccccc2Br)c1Cl. The van der Waals surface area contributed by atoms with Gasteiger partial charge in [-0.1, -0.05) is 45.7 Å². The zero-order valence-electron chi connectivity index (χ0n) is 10.9. The van der Waals surface area contributed by atoms with E-state index in [0.717, 1.165) is 21.4 Å². The topological polar surface area (TPSA) is 38.0 Å². The molecule has 0 spiro atoms. The quantitative estimate of drug-likeness (QED) is 0.923. The van der Waals surface area contributed by atoms with Gasteiger partial charge in [-0.3, -0.25) is 4.68 Å². The van der Waals surface area contributed by atoms with E-state index in [1.807, 2.05) is 38.2 Å². The minimum absolute atomic E-state index is 0.00266. The molecule has 1 aromatic heterocycles. The smallest absolute Gasteiger partial charge is 0.0847 e. The number of hydrogen-bond donors (Lipinski definition) is 1. The summed E-state index contributed by atoms with van der Waals surface area (Å²) in [6, 6.07) is 7.93. The molecule has 0 saturated carbocycles. The molecular weight excluding hydrogens is 328 g/mol. The summed E-state index contributed by atoms with van der Waals surface area (Å²) in [7, 11) is 1.88. The average molecular weight is 344 g/mol. The second-order valence-corrected chi connectivity index (χ2v) is 5.81. The normalized spacial score (nSPS) is 12.7. The van der Waals surface area contributed by atoms with E-state index in [-0.39, 0.29) is 12.5 Å². The fourth-order valence-electron chi connectivity index (χ4n) is 2.21. The van der Waals surface area contributed by atoms with E-state index in [2.05, 4.69) is 21.0 Å². The van der Waals surface area contributed by atoms with Gasteiger partial charge in [-0.25, -0.2) is 0 Å². The summed E-state index contributed by atoms with van der Waals surface area (Å²) in [6.07, 6.45) is 0.662. The molecule has 1 unspecified atom stereocenters. The molecule has 0 radical (unpaired) electrons. The van der Waals surface area contributed by atoms with Crippen LogP contribution in [-0.4, -0.2) is 21.5 Å². The van der Waals surface area contributed by atoms with Crippen LogP contribution >= 0.6 is 27.5 Å². The Balaban J connectivity index is 2.32. The molecule has 2 rings (SSSR count). The Morgan fingerprint density at radius 3 is 2.63 bits per heavy atom. The van der Waals surface area contributed by atoms with Crippen LogP contribution in [0.15, 0.2) is 28.7 Å². The molecule has 0 amide bonds.